The van der Waals surface area contributed by atoms with Gasteiger partial charge in [0.05, 0.1) is 0 Å². The fourth-order valence-corrected chi connectivity index (χ4v) is 4.28. The number of hydrogen-bond acceptors (Lipinski definition) is 2. The molecule has 2 aliphatic rings. The molecule has 1 saturated carbocycles. The van der Waals surface area contributed by atoms with Crippen LogP contribution < -0.4 is 5.73 Å². The summed E-state index contributed by atoms with van der Waals surface area (Å²) in [6, 6.07) is 8.36. The normalized spacial score (nSPS) is 32.5. The Balaban J connectivity index is 1.62. The predicted molar refractivity (Wildman–Crippen MR) is 85.6 cm³/mol. The number of anilines is 1. The Labute approximate surface area is 123 Å². The van der Waals surface area contributed by atoms with Gasteiger partial charge in [-0.05, 0) is 53.7 Å². The van der Waals surface area contributed by atoms with Crippen LogP contribution in [0.3, 0.4) is 0 Å². The number of benzene rings is 1. The van der Waals surface area contributed by atoms with Crippen LogP contribution >= 0.6 is 0 Å². The summed E-state index contributed by atoms with van der Waals surface area (Å²) in [5, 5.41) is 0. The van der Waals surface area contributed by atoms with Crippen LogP contribution in [0.2, 0.25) is 0 Å². The van der Waals surface area contributed by atoms with E-state index in [-0.39, 0.29) is 0 Å². The van der Waals surface area contributed by atoms with Crippen molar-refractivity contribution in [1.82, 2.24) is 4.90 Å². The summed E-state index contributed by atoms with van der Waals surface area (Å²) in [4.78, 5) is 2.69. The van der Waals surface area contributed by atoms with E-state index >= 15 is 0 Å². The Bertz CT molecular complexity index is 477. The fraction of sp³-hybridized carbons (Fsp3) is 0.667. The van der Waals surface area contributed by atoms with Gasteiger partial charge in [0.15, 0.2) is 0 Å². The van der Waals surface area contributed by atoms with Crippen LogP contribution in [0.25, 0.3) is 0 Å². The molecule has 2 atom stereocenters. The lowest BCUT2D eigenvalue weighted by molar-refractivity contribution is -0.0169. The topological polar surface area (TPSA) is 29.3 Å². The third-order valence-electron chi connectivity index (χ3n) is 6.37. The number of hydrogen-bond donors (Lipinski definition) is 1. The van der Waals surface area contributed by atoms with Crippen molar-refractivity contribution < 1.29 is 0 Å². The zero-order chi connectivity index (χ0) is 14.4. The number of nitrogens with two attached hydrogens (primary N) is 1. The molecule has 0 radical (unpaired) electrons. The van der Waals surface area contributed by atoms with E-state index in [0.29, 0.717) is 10.8 Å². The summed E-state index contributed by atoms with van der Waals surface area (Å²) in [6.07, 6.45) is 3.97. The van der Waals surface area contributed by atoms with Crippen LogP contribution in [-0.2, 0) is 6.42 Å². The molecule has 0 spiro atoms. The summed E-state index contributed by atoms with van der Waals surface area (Å²) in [7, 11) is 0. The molecule has 2 fully saturated rings. The molecular formula is C18H28N2. The first-order chi connectivity index (χ1) is 9.41. The molecule has 1 aliphatic carbocycles. The zero-order valence-corrected chi connectivity index (χ0v) is 13.2. The molecule has 0 amide bonds. The van der Waals surface area contributed by atoms with Crippen molar-refractivity contribution in [2.75, 3.05) is 25.4 Å². The summed E-state index contributed by atoms with van der Waals surface area (Å²) in [5.41, 5.74) is 9.04. The van der Waals surface area contributed by atoms with Gasteiger partial charge in [-0.15, -0.1) is 0 Å². The van der Waals surface area contributed by atoms with Gasteiger partial charge in [-0.2, -0.15) is 0 Å². The van der Waals surface area contributed by atoms with Crippen LogP contribution in [0.4, 0.5) is 5.69 Å². The van der Waals surface area contributed by atoms with E-state index in [4.69, 9.17) is 5.73 Å². The predicted octanol–water partition coefficient (Wildman–Crippen LogP) is 3.57. The largest absolute Gasteiger partial charge is 0.399 e. The summed E-state index contributed by atoms with van der Waals surface area (Å²) in [6.45, 7) is 11.2. The van der Waals surface area contributed by atoms with Crippen molar-refractivity contribution in [3.8, 4) is 0 Å². The van der Waals surface area contributed by atoms with E-state index in [1.807, 2.05) is 12.1 Å². The molecule has 1 unspecified atom stereocenters. The van der Waals surface area contributed by atoms with Gasteiger partial charge in [-0.3, -0.25) is 0 Å². The highest BCUT2D eigenvalue weighted by Gasteiger charge is 2.55. The molecule has 20 heavy (non-hydrogen) atoms. The zero-order valence-electron chi connectivity index (χ0n) is 13.2. The van der Waals surface area contributed by atoms with Crippen LogP contribution in [0.15, 0.2) is 24.3 Å². The second-order valence-corrected chi connectivity index (χ2v) is 7.74. The van der Waals surface area contributed by atoms with Crippen molar-refractivity contribution in [3.63, 3.8) is 0 Å². The highest BCUT2D eigenvalue weighted by molar-refractivity contribution is 5.39. The number of fused-ring (bicyclic) bond motifs is 2. The van der Waals surface area contributed by atoms with Crippen LogP contribution in [-0.4, -0.2) is 24.5 Å². The maximum Gasteiger partial charge on any atom is 0.0314 e. The standard InChI is InChI=1S/C18H28N2/c1-17(2)15-8-10-18(17,3)13-20(12-15)11-9-14-4-6-16(19)7-5-14/h4-7,15H,8-13,19H2,1-3H3/t15?,18-/m1/s1. The first kappa shape index (κ1) is 13.9. The minimum Gasteiger partial charge on any atom is -0.399 e. The number of nitrogen functional groups attached to an aromatic ring is 1. The lowest BCUT2D eigenvalue weighted by Gasteiger charge is -2.50. The smallest absolute Gasteiger partial charge is 0.0314 e. The molecule has 1 saturated heterocycles. The third kappa shape index (κ3) is 2.24. The summed E-state index contributed by atoms with van der Waals surface area (Å²) in [5.74, 6) is 0.882. The SMILES string of the molecule is CC1(C)C2CC[C@]1(C)CN(CCc1ccc(N)cc1)C2. The van der Waals surface area contributed by atoms with Crippen LogP contribution in [0.1, 0.15) is 39.2 Å². The molecule has 2 N–H and O–H groups in total. The van der Waals surface area contributed by atoms with Crippen LogP contribution in [0.5, 0.6) is 0 Å². The van der Waals surface area contributed by atoms with E-state index in [0.717, 1.165) is 18.0 Å². The van der Waals surface area contributed by atoms with E-state index in [9.17, 15) is 0 Å². The van der Waals surface area contributed by atoms with Crippen LogP contribution in [0, 0.1) is 16.7 Å². The second-order valence-electron chi connectivity index (χ2n) is 7.74. The first-order valence-corrected chi connectivity index (χ1v) is 7.97. The molecule has 2 nitrogen and oxygen atoms in total. The molecular weight excluding hydrogens is 244 g/mol. The summed E-state index contributed by atoms with van der Waals surface area (Å²) < 4.78 is 0. The Kier molecular flexibility index (Phi) is 3.32. The van der Waals surface area contributed by atoms with Gasteiger partial charge in [0.1, 0.15) is 0 Å². The van der Waals surface area contributed by atoms with Crippen molar-refractivity contribution in [2.45, 2.75) is 40.0 Å². The van der Waals surface area contributed by atoms with Gasteiger partial charge in [0.2, 0.25) is 0 Å². The Hall–Kier alpha value is -1.02. The second kappa shape index (κ2) is 4.77. The minimum absolute atomic E-state index is 0.511. The number of piperidine rings is 1. The monoisotopic (exact) mass is 272 g/mol. The third-order valence-corrected chi connectivity index (χ3v) is 6.37. The van der Waals surface area contributed by atoms with Crippen molar-refractivity contribution in [1.29, 1.82) is 0 Å². The maximum atomic E-state index is 5.75. The van der Waals surface area contributed by atoms with Crippen molar-refractivity contribution in [2.24, 2.45) is 16.7 Å². The quantitative estimate of drug-likeness (QED) is 0.852. The van der Waals surface area contributed by atoms with E-state index in [1.165, 1.54) is 38.0 Å². The first-order valence-electron chi connectivity index (χ1n) is 7.97. The Morgan fingerprint density at radius 2 is 1.90 bits per heavy atom. The number of nitrogens with zero attached hydrogens (tertiary/aromatic N) is 1. The Morgan fingerprint density at radius 3 is 2.55 bits per heavy atom. The molecule has 1 aliphatic heterocycles. The van der Waals surface area contributed by atoms with E-state index < -0.39 is 0 Å². The average Bonchev–Trinajstić information content (AvgIpc) is 2.55. The highest BCUT2D eigenvalue weighted by atomic mass is 15.2. The van der Waals surface area contributed by atoms with Gasteiger partial charge >= 0.3 is 0 Å². The molecule has 3 rings (SSSR count). The molecule has 1 aromatic rings. The van der Waals surface area contributed by atoms with Gasteiger partial charge in [0, 0.05) is 25.3 Å². The van der Waals surface area contributed by atoms with E-state index in [1.54, 1.807) is 0 Å². The molecule has 110 valence electrons. The van der Waals surface area contributed by atoms with Gasteiger partial charge < -0.3 is 10.6 Å². The van der Waals surface area contributed by atoms with Gasteiger partial charge in [-0.25, -0.2) is 0 Å². The highest BCUT2D eigenvalue weighted by Crippen LogP contribution is 2.58. The average molecular weight is 272 g/mol. The molecule has 0 aromatic heterocycles. The van der Waals surface area contributed by atoms with Gasteiger partial charge in [-0.1, -0.05) is 32.9 Å². The summed E-state index contributed by atoms with van der Waals surface area (Å²) >= 11 is 0. The fourth-order valence-electron chi connectivity index (χ4n) is 4.28. The number of likely N-dealkylation sites (tertiary alicyclic amines) is 1. The lowest BCUT2D eigenvalue weighted by Crippen LogP contribution is -2.52. The Morgan fingerprint density at radius 1 is 1.20 bits per heavy atom. The molecule has 2 heteroatoms. The molecule has 2 bridgehead atoms. The minimum atomic E-state index is 0.511. The van der Waals surface area contributed by atoms with Crippen molar-refractivity contribution in [3.05, 3.63) is 29.8 Å². The van der Waals surface area contributed by atoms with Gasteiger partial charge in [0.25, 0.3) is 0 Å². The van der Waals surface area contributed by atoms with E-state index in [2.05, 4.69) is 37.8 Å². The number of rotatable bonds is 3. The molecule has 1 heterocycles. The maximum absolute atomic E-state index is 5.75. The lowest BCUT2D eigenvalue weighted by atomic mass is 9.63. The molecule has 1 aromatic carbocycles. The van der Waals surface area contributed by atoms with Crippen molar-refractivity contribution >= 4 is 5.69 Å².